The maximum absolute atomic E-state index is 14.0. The number of nitrogens with zero attached hydrogens (tertiary/aromatic N) is 3. The van der Waals surface area contributed by atoms with Gasteiger partial charge in [0.1, 0.15) is 5.82 Å². The van der Waals surface area contributed by atoms with Crippen LogP contribution in [0.3, 0.4) is 0 Å². The van der Waals surface area contributed by atoms with Crippen molar-refractivity contribution in [2.75, 3.05) is 5.32 Å². The van der Waals surface area contributed by atoms with E-state index in [4.69, 9.17) is 0 Å². The maximum Gasteiger partial charge on any atom is 0.181 e. The third-order valence-corrected chi connectivity index (χ3v) is 7.38. The lowest BCUT2D eigenvalue weighted by molar-refractivity contribution is 0.371. The number of hydrogen-bond donors (Lipinski definition) is 3. The van der Waals surface area contributed by atoms with Gasteiger partial charge < -0.3 is 10.3 Å². The van der Waals surface area contributed by atoms with E-state index >= 15 is 0 Å². The summed E-state index contributed by atoms with van der Waals surface area (Å²) >= 11 is 0. The van der Waals surface area contributed by atoms with Gasteiger partial charge in [-0.2, -0.15) is 5.10 Å². The van der Waals surface area contributed by atoms with Crippen molar-refractivity contribution in [1.29, 1.82) is 0 Å². The van der Waals surface area contributed by atoms with Crippen LogP contribution in [-0.2, 0) is 0 Å². The normalized spacial score (nSPS) is 13.8. The van der Waals surface area contributed by atoms with E-state index in [0.29, 0.717) is 11.6 Å². The average Bonchev–Trinajstić information content (AvgIpc) is 3.49. The van der Waals surface area contributed by atoms with Crippen molar-refractivity contribution in [2.45, 2.75) is 26.2 Å². The van der Waals surface area contributed by atoms with Gasteiger partial charge in [0.25, 0.3) is 0 Å². The number of aromatic nitrogens is 5. The Kier molecular flexibility index (Phi) is 6.40. The summed E-state index contributed by atoms with van der Waals surface area (Å²) in [5, 5.41) is 11.9. The molecule has 3 N–H and O–H groups in total. The number of halogens is 1. The molecule has 6 rings (SSSR count). The van der Waals surface area contributed by atoms with Crippen LogP contribution < -0.4 is 5.32 Å². The Hall–Kier alpha value is -4.78. The van der Waals surface area contributed by atoms with E-state index in [1.54, 1.807) is 12.1 Å². The number of aryl methyl sites for hydroxylation is 1. The van der Waals surface area contributed by atoms with Gasteiger partial charge in [-0.15, -0.1) is 0 Å². The number of benzene rings is 1. The lowest BCUT2D eigenvalue weighted by atomic mass is 9.83. The van der Waals surface area contributed by atoms with Gasteiger partial charge in [-0.3, -0.25) is 10.1 Å². The molecule has 7 heteroatoms. The van der Waals surface area contributed by atoms with Gasteiger partial charge >= 0.3 is 0 Å². The van der Waals surface area contributed by atoms with E-state index in [2.05, 4.69) is 55.8 Å². The molecule has 1 saturated carbocycles. The third kappa shape index (κ3) is 4.79. The monoisotopic (exact) mass is 516 g/mol. The van der Waals surface area contributed by atoms with Crippen molar-refractivity contribution in [3.05, 3.63) is 115 Å². The largest absolute Gasteiger partial charge is 0.358 e. The van der Waals surface area contributed by atoms with Crippen LogP contribution in [-0.4, -0.2) is 25.1 Å². The van der Waals surface area contributed by atoms with E-state index < -0.39 is 0 Å². The highest BCUT2D eigenvalue weighted by atomic mass is 19.1. The van der Waals surface area contributed by atoms with E-state index in [1.807, 2.05) is 43.7 Å². The lowest BCUT2D eigenvalue weighted by Crippen LogP contribution is -2.18. The fourth-order valence-corrected chi connectivity index (χ4v) is 5.06. The van der Waals surface area contributed by atoms with Crippen LogP contribution in [0.1, 0.15) is 36.1 Å². The molecule has 1 aliphatic carbocycles. The number of allylic oxidation sites excluding steroid dienone is 3. The molecule has 194 valence electrons. The Labute approximate surface area is 226 Å². The Bertz CT molecular complexity index is 1740. The number of pyridine rings is 2. The van der Waals surface area contributed by atoms with Crippen molar-refractivity contribution in [2.24, 2.45) is 5.92 Å². The van der Waals surface area contributed by atoms with Gasteiger partial charge in [0.15, 0.2) is 5.65 Å². The molecule has 0 saturated heterocycles. The number of aromatic amines is 2. The molecule has 0 aliphatic heterocycles. The van der Waals surface area contributed by atoms with Gasteiger partial charge in [0, 0.05) is 45.9 Å². The molecule has 6 nitrogen and oxygen atoms in total. The van der Waals surface area contributed by atoms with Crippen LogP contribution in [0.5, 0.6) is 0 Å². The standard InChI is InChI=1S/C32H29FN6/c1-4-7-27(22-10-6-11-25(33)12-22)28-15-30(37-20(28)3)31-29-14-24(17-35-32(29)39-38-31)23-13-26(18-34-16-23)36-19(2)21-8-5-9-21/h4,6-7,10-18,21,36-37H,1-2,5,8-9H2,3H3,(H,35,38,39)/b27-7-. The van der Waals surface area contributed by atoms with E-state index in [9.17, 15) is 4.39 Å². The van der Waals surface area contributed by atoms with Crippen LogP contribution in [0.4, 0.5) is 10.1 Å². The summed E-state index contributed by atoms with van der Waals surface area (Å²) in [5.74, 6) is 0.257. The molecule has 0 bridgehead atoms. The first kappa shape index (κ1) is 24.6. The second-order valence-electron chi connectivity index (χ2n) is 9.98. The summed E-state index contributed by atoms with van der Waals surface area (Å²) in [4.78, 5) is 12.5. The number of rotatable bonds is 8. The molecule has 0 atom stereocenters. The van der Waals surface area contributed by atoms with Crippen molar-refractivity contribution in [1.82, 2.24) is 25.1 Å². The van der Waals surface area contributed by atoms with Crippen LogP contribution >= 0.6 is 0 Å². The highest BCUT2D eigenvalue weighted by Gasteiger charge is 2.21. The Morgan fingerprint density at radius 1 is 1.10 bits per heavy atom. The Balaban J connectivity index is 1.35. The predicted octanol–water partition coefficient (Wildman–Crippen LogP) is 7.81. The zero-order chi connectivity index (χ0) is 26.9. The summed E-state index contributed by atoms with van der Waals surface area (Å²) in [6.07, 6.45) is 12.7. The molecule has 4 heterocycles. The quantitative estimate of drug-likeness (QED) is 0.184. The molecule has 0 spiro atoms. The van der Waals surface area contributed by atoms with E-state index in [1.165, 1.54) is 31.4 Å². The van der Waals surface area contributed by atoms with Crippen LogP contribution in [0.15, 0.2) is 92.1 Å². The van der Waals surface area contributed by atoms with Crippen LogP contribution in [0.25, 0.3) is 39.1 Å². The van der Waals surface area contributed by atoms with E-state index in [0.717, 1.165) is 61.7 Å². The molecule has 39 heavy (non-hydrogen) atoms. The Morgan fingerprint density at radius 3 is 2.72 bits per heavy atom. The summed E-state index contributed by atoms with van der Waals surface area (Å²) in [5.41, 5.74) is 9.73. The summed E-state index contributed by atoms with van der Waals surface area (Å²) < 4.78 is 14.0. The van der Waals surface area contributed by atoms with Gasteiger partial charge in [-0.25, -0.2) is 9.37 Å². The van der Waals surface area contributed by atoms with Crippen molar-refractivity contribution < 1.29 is 4.39 Å². The Morgan fingerprint density at radius 2 is 1.95 bits per heavy atom. The SMILES string of the molecule is C=C/C=C(/c1cccc(F)c1)c1cc(-c2[nH]nc3ncc(-c4cncc(NC(=C)C5CCC5)c4)cc23)[nH]c1C. The first-order valence-electron chi connectivity index (χ1n) is 13.0. The lowest BCUT2D eigenvalue weighted by Gasteiger charge is -2.28. The zero-order valence-corrected chi connectivity index (χ0v) is 21.8. The number of H-pyrrole nitrogens is 2. The predicted molar refractivity (Wildman–Crippen MR) is 155 cm³/mol. The molecular weight excluding hydrogens is 487 g/mol. The minimum Gasteiger partial charge on any atom is -0.358 e. The fourth-order valence-electron chi connectivity index (χ4n) is 5.06. The molecule has 5 aromatic rings. The minimum atomic E-state index is -0.282. The van der Waals surface area contributed by atoms with Crippen molar-refractivity contribution in [3.8, 4) is 22.5 Å². The topological polar surface area (TPSA) is 82.3 Å². The van der Waals surface area contributed by atoms with Gasteiger partial charge in [-0.05, 0) is 67.2 Å². The average molecular weight is 517 g/mol. The molecule has 1 fully saturated rings. The summed E-state index contributed by atoms with van der Waals surface area (Å²) in [6.45, 7) is 10.1. The fraction of sp³-hybridized carbons (Fsp3) is 0.156. The van der Waals surface area contributed by atoms with Crippen molar-refractivity contribution in [3.63, 3.8) is 0 Å². The maximum atomic E-state index is 14.0. The molecule has 4 aromatic heterocycles. The van der Waals surface area contributed by atoms with Crippen molar-refractivity contribution >= 4 is 22.3 Å². The number of nitrogens with one attached hydrogen (secondary N) is 3. The second-order valence-corrected chi connectivity index (χ2v) is 9.98. The number of fused-ring (bicyclic) bond motifs is 1. The van der Waals surface area contributed by atoms with Gasteiger partial charge in [-0.1, -0.05) is 43.9 Å². The molecule has 0 radical (unpaired) electrons. The van der Waals surface area contributed by atoms with Crippen LogP contribution in [0.2, 0.25) is 0 Å². The van der Waals surface area contributed by atoms with Gasteiger partial charge in [0.2, 0.25) is 0 Å². The van der Waals surface area contributed by atoms with Crippen LogP contribution in [0, 0.1) is 18.7 Å². The summed E-state index contributed by atoms with van der Waals surface area (Å²) in [6, 6.07) is 12.8. The zero-order valence-electron chi connectivity index (χ0n) is 21.8. The molecule has 0 amide bonds. The molecular formula is C32H29FN6. The molecule has 1 aliphatic rings. The molecule has 1 aromatic carbocycles. The highest BCUT2D eigenvalue weighted by Crippen LogP contribution is 2.35. The number of hydrogen-bond acceptors (Lipinski definition) is 4. The highest BCUT2D eigenvalue weighted by molar-refractivity contribution is 5.94. The third-order valence-electron chi connectivity index (χ3n) is 7.38. The van der Waals surface area contributed by atoms with Gasteiger partial charge in [0.05, 0.1) is 23.3 Å². The minimum absolute atomic E-state index is 0.282. The smallest absolute Gasteiger partial charge is 0.181 e. The molecule has 0 unspecified atom stereocenters. The first-order valence-corrected chi connectivity index (χ1v) is 13.0. The second kappa shape index (κ2) is 10.2. The first-order chi connectivity index (χ1) is 19.0. The van der Waals surface area contributed by atoms with E-state index in [-0.39, 0.29) is 5.82 Å². The summed E-state index contributed by atoms with van der Waals surface area (Å²) in [7, 11) is 0. The number of anilines is 1.